The number of rotatable bonds is 4. The zero-order chi connectivity index (χ0) is 17.1. The third-order valence-electron chi connectivity index (χ3n) is 5.03. The van der Waals surface area contributed by atoms with Crippen LogP contribution in [0.4, 0.5) is 0 Å². The Morgan fingerprint density at radius 3 is 1.71 bits per heavy atom. The van der Waals surface area contributed by atoms with Crippen molar-refractivity contribution in [1.82, 2.24) is 0 Å². The van der Waals surface area contributed by atoms with Crippen LogP contribution >= 0.6 is 0 Å². The smallest absolute Gasteiger partial charge is 0.119 e. The van der Waals surface area contributed by atoms with Crippen molar-refractivity contribution < 1.29 is 5.11 Å². The van der Waals surface area contributed by atoms with E-state index in [4.69, 9.17) is 0 Å². The second-order valence-electron chi connectivity index (χ2n) is 6.48. The molecule has 3 rings (SSSR count). The van der Waals surface area contributed by atoms with Gasteiger partial charge in [-0.3, -0.25) is 0 Å². The minimum absolute atomic E-state index is 0.161. The van der Waals surface area contributed by atoms with Crippen LogP contribution in [0.1, 0.15) is 53.5 Å². The predicted molar refractivity (Wildman–Crippen MR) is 101 cm³/mol. The summed E-state index contributed by atoms with van der Waals surface area (Å²) in [6, 6.07) is 24.8. The molecule has 2 atom stereocenters. The topological polar surface area (TPSA) is 20.2 Å². The standard InChI is InChI=1S/C23H24O/c1-16(19-10-6-4-7-11-19)21-14-15-22(24)23(18(21)3)17(2)20-12-8-5-9-13-20/h4-17,24H,1-3H3. The summed E-state index contributed by atoms with van der Waals surface area (Å²) in [4.78, 5) is 0. The van der Waals surface area contributed by atoms with Crippen molar-refractivity contribution in [2.75, 3.05) is 0 Å². The van der Waals surface area contributed by atoms with E-state index in [1.165, 1.54) is 22.3 Å². The third-order valence-corrected chi connectivity index (χ3v) is 5.03. The van der Waals surface area contributed by atoms with E-state index in [1.807, 2.05) is 18.2 Å². The van der Waals surface area contributed by atoms with Gasteiger partial charge in [-0.25, -0.2) is 0 Å². The van der Waals surface area contributed by atoms with E-state index >= 15 is 0 Å². The summed E-state index contributed by atoms with van der Waals surface area (Å²) in [7, 11) is 0. The third kappa shape index (κ3) is 3.07. The number of phenols is 1. The maximum absolute atomic E-state index is 10.5. The molecule has 0 saturated carbocycles. The van der Waals surface area contributed by atoms with Crippen LogP contribution in [0.25, 0.3) is 0 Å². The maximum Gasteiger partial charge on any atom is 0.119 e. The SMILES string of the molecule is Cc1c(C(C)c2ccccc2)ccc(O)c1C(C)c1ccccc1. The molecule has 0 spiro atoms. The molecule has 0 saturated heterocycles. The monoisotopic (exact) mass is 316 g/mol. The van der Waals surface area contributed by atoms with Crippen molar-refractivity contribution in [3.05, 3.63) is 101 Å². The average molecular weight is 316 g/mol. The Kier molecular flexibility index (Phi) is 4.71. The molecule has 0 aliphatic carbocycles. The van der Waals surface area contributed by atoms with E-state index in [0.717, 1.165) is 5.56 Å². The van der Waals surface area contributed by atoms with Gasteiger partial charge in [0, 0.05) is 17.4 Å². The lowest BCUT2D eigenvalue weighted by Crippen LogP contribution is -2.05. The maximum atomic E-state index is 10.5. The highest BCUT2D eigenvalue weighted by Gasteiger charge is 2.20. The van der Waals surface area contributed by atoms with Gasteiger partial charge in [0.05, 0.1) is 0 Å². The molecule has 3 aromatic carbocycles. The lowest BCUT2D eigenvalue weighted by Gasteiger charge is -2.22. The molecule has 1 heteroatoms. The Morgan fingerprint density at radius 1 is 0.667 bits per heavy atom. The van der Waals surface area contributed by atoms with E-state index in [9.17, 15) is 5.11 Å². The molecule has 1 N–H and O–H groups in total. The summed E-state index contributed by atoms with van der Waals surface area (Å²) < 4.78 is 0. The predicted octanol–water partition coefficient (Wildman–Crippen LogP) is 6.00. The Balaban J connectivity index is 2.06. The molecule has 2 unspecified atom stereocenters. The molecule has 0 amide bonds. The van der Waals surface area contributed by atoms with Crippen LogP contribution in [0, 0.1) is 6.92 Å². The summed E-state index contributed by atoms with van der Waals surface area (Å²) in [5.41, 5.74) is 6.01. The zero-order valence-corrected chi connectivity index (χ0v) is 14.5. The van der Waals surface area contributed by atoms with Gasteiger partial charge in [-0.2, -0.15) is 0 Å². The van der Waals surface area contributed by atoms with E-state index < -0.39 is 0 Å². The number of hydrogen-bond donors (Lipinski definition) is 1. The van der Waals surface area contributed by atoms with Gasteiger partial charge in [0.1, 0.15) is 5.75 Å². The van der Waals surface area contributed by atoms with Crippen molar-refractivity contribution in [1.29, 1.82) is 0 Å². The molecule has 0 radical (unpaired) electrons. The van der Waals surface area contributed by atoms with Crippen LogP contribution in [0.15, 0.2) is 72.8 Å². The highest BCUT2D eigenvalue weighted by Crippen LogP contribution is 2.38. The lowest BCUT2D eigenvalue weighted by atomic mass is 9.83. The van der Waals surface area contributed by atoms with Crippen LogP contribution in [0.2, 0.25) is 0 Å². The van der Waals surface area contributed by atoms with Gasteiger partial charge in [-0.05, 0) is 35.2 Å². The molecule has 1 nitrogen and oxygen atoms in total. The molecule has 122 valence electrons. The van der Waals surface area contributed by atoms with Gasteiger partial charge in [-0.1, -0.05) is 80.6 Å². The van der Waals surface area contributed by atoms with E-state index in [0.29, 0.717) is 11.7 Å². The normalized spacial score (nSPS) is 13.5. The number of phenolic OH excluding ortho intramolecular Hbond substituents is 1. The van der Waals surface area contributed by atoms with Crippen molar-refractivity contribution >= 4 is 0 Å². The van der Waals surface area contributed by atoms with Gasteiger partial charge in [0.2, 0.25) is 0 Å². The first kappa shape index (κ1) is 16.3. The number of benzene rings is 3. The van der Waals surface area contributed by atoms with Crippen LogP contribution in [0.3, 0.4) is 0 Å². The summed E-state index contributed by atoms with van der Waals surface area (Å²) >= 11 is 0. The Bertz CT molecular complexity index is 806. The van der Waals surface area contributed by atoms with Crippen LogP contribution < -0.4 is 0 Å². The van der Waals surface area contributed by atoms with Crippen molar-refractivity contribution in [3.63, 3.8) is 0 Å². The molecule has 3 aromatic rings. The Labute approximate surface area is 144 Å². The quantitative estimate of drug-likeness (QED) is 0.625. The fourth-order valence-corrected chi connectivity index (χ4v) is 3.58. The molecule has 0 aliphatic heterocycles. The summed E-state index contributed by atoms with van der Waals surface area (Å²) in [6.45, 7) is 6.52. The van der Waals surface area contributed by atoms with Crippen LogP contribution in [-0.2, 0) is 0 Å². The first-order valence-electron chi connectivity index (χ1n) is 8.52. The van der Waals surface area contributed by atoms with Gasteiger partial charge in [0.25, 0.3) is 0 Å². The number of hydrogen-bond acceptors (Lipinski definition) is 1. The molecule has 0 bridgehead atoms. The molecule has 0 fully saturated rings. The molecular formula is C23H24O. The first-order chi connectivity index (χ1) is 11.6. The van der Waals surface area contributed by atoms with Gasteiger partial charge in [-0.15, -0.1) is 0 Å². The highest BCUT2D eigenvalue weighted by atomic mass is 16.3. The summed E-state index contributed by atoms with van der Waals surface area (Å²) in [6.07, 6.45) is 0. The molecule has 0 aliphatic rings. The highest BCUT2D eigenvalue weighted by molar-refractivity contribution is 5.51. The van der Waals surface area contributed by atoms with Crippen molar-refractivity contribution in [3.8, 4) is 5.75 Å². The molecule has 0 heterocycles. The van der Waals surface area contributed by atoms with Crippen LogP contribution in [-0.4, -0.2) is 5.11 Å². The molecule has 24 heavy (non-hydrogen) atoms. The molecular weight excluding hydrogens is 292 g/mol. The molecule has 0 aromatic heterocycles. The number of aromatic hydroxyl groups is 1. The van der Waals surface area contributed by atoms with E-state index in [-0.39, 0.29) is 5.92 Å². The van der Waals surface area contributed by atoms with E-state index in [1.54, 1.807) is 0 Å². The summed E-state index contributed by atoms with van der Waals surface area (Å²) in [5.74, 6) is 0.843. The van der Waals surface area contributed by atoms with E-state index in [2.05, 4.69) is 75.4 Å². The van der Waals surface area contributed by atoms with Crippen molar-refractivity contribution in [2.24, 2.45) is 0 Å². The van der Waals surface area contributed by atoms with Gasteiger partial charge >= 0.3 is 0 Å². The minimum atomic E-state index is 0.161. The minimum Gasteiger partial charge on any atom is -0.508 e. The second-order valence-corrected chi connectivity index (χ2v) is 6.48. The lowest BCUT2D eigenvalue weighted by molar-refractivity contribution is 0.465. The largest absolute Gasteiger partial charge is 0.508 e. The Hall–Kier alpha value is -2.54. The second kappa shape index (κ2) is 6.92. The zero-order valence-electron chi connectivity index (χ0n) is 14.5. The van der Waals surface area contributed by atoms with Gasteiger partial charge in [0.15, 0.2) is 0 Å². The average Bonchev–Trinajstić information content (AvgIpc) is 2.63. The van der Waals surface area contributed by atoms with Gasteiger partial charge < -0.3 is 5.11 Å². The van der Waals surface area contributed by atoms with Crippen molar-refractivity contribution in [2.45, 2.75) is 32.6 Å². The van der Waals surface area contributed by atoms with Crippen LogP contribution in [0.5, 0.6) is 5.75 Å². The summed E-state index contributed by atoms with van der Waals surface area (Å²) in [5, 5.41) is 10.5. The fourth-order valence-electron chi connectivity index (χ4n) is 3.58. The first-order valence-corrected chi connectivity index (χ1v) is 8.52. The fraction of sp³-hybridized carbons (Fsp3) is 0.217. The Morgan fingerprint density at radius 2 is 1.17 bits per heavy atom.